The molecule has 3 aliphatic rings. The Hall–Kier alpha value is -1.97. The summed E-state index contributed by atoms with van der Waals surface area (Å²) in [5, 5.41) is 17.2. The first-order valence-electron chi connectivity index (χ1n) is 13.9. The first-order chi connectivity index (χ1) is 20.2. The van der Waals surface area contributed by atoms with Crippen molar-refractivity contribution in [1.29, 1.82) is 0 Å². The van der Waals surface area contributed by atoms with Crippen LogP contribution in [0, 0.1) is 35.5 Å². The monoisotopic (exact) mass is 658 g/mol. The molecule has 2 saturated carbocycles. The van der Waals surface area contributed by atoms with Gasteiger partial charge in [0.05, 0.1) is 33.0 Å². The van der Waals surface area contributed by atoms with Crippen molar-refractivity contribution in [1.82, 2.24) is 0 Å². The number of esters is 1. The fourth-order valence-electron chi connectivity index (χ4n) is 4.91. The molecule has 1 aliphatic heterocycles. The van der Waals surface area contributed by atoms with Crippen molar-refractivity contribution in [2.45, 2.75) is 37.9 Å². The molecule has 2 aliphatic carbocycles. The predicted octanol–water partition coefficient (Wildman–Crippen LogP) is 5.47. The normalized spacial score (nSPS) is 27.6. The summed E-state index contributed by atoms with van der Waals surface area (Å²) in [4.78, 5) is 20.1. The molecule has 8 unspecified atom stereocenters. The number of halogens is 1. The van der Waals surface area contributed by atoms with E-state index >= 15 is 0 Å². The fourth-order valence-corrected chi connectivity index (χ4v) is 4.91. The molecule has 3 rings (SSSR count). The van der Waals surface area contributed by atoms with Gasteiger partial charge in [-0.3, -0.25) is 0 Å². The number of rotatable bonds is 16. The van der Waals surface area contributed by atoms with E-state index in [1.807, 2.05) is 12.2 Å². The van der Waals surface area contributed by atoms with Gasteiger partial charge in [0.15, 0.2) is 0 Å². The number of carbonyl (C=O) groups is 2. The number of epoxide rings is 1. The van der Waals surface area contributed by atoms with Crippen molar-refractivity contribution >= 4 is 22.0 Å². The van der Waals surface area contributed by atoms with Gasteiger partial charge in [-0.15, -0.1) is 26.3 Å². The van der Waals surface area contributed by atoms with Gasteiger partial charge in [0.2, 0.25) is 0 Å². The molecule has 3 fully saturated rings. The predicted molar refractivity (Wildman–Crippen MR) is 162 cm³/mol. The van der Waals surface area contributed by atoms with Gasteiger partial charge < -0.3 is 29.2 Å². The van der Waals surface area contributed by atoms with Gasteiger partial charge in [0, 0.05) is 12.2 Å². The van der Waals surface area contributed by atoms with E-state index in [1.165, 1.54) is 12.8 Å². The number of aliphatic hydroxyl groups excluding tert-OH is 1. The van der Waals surface area contributed by atoms with Crippen LogP contribution in [-0.4, -0.2) is 74.0 Å². The molecule has 242 valence electrons. The van der Waals surface area contributed by atoms with Crippen LogP contribution in [0.4, 0.5) is 0 Å². The van der Waals surface area contributed by atoms with Crippen molar-refractivity contribution in [3.05, 3.63) is 75.9 Å². The second-order valence-corrected chi connectivity index (χ2v) is 10.3. The van der Waals surface area contributed by atoms with E-state index in [1.54, 1.807) is 0 Å². The van der Waals surface area contributed by atoms with Crippen molar-refractivity contribution in [2.75, 3.05) is 39.6 Å². The van der Waals surface area contributed by atoms with Crippen LogP contribution in [0.5, 0.6) is 0 Å². The number of carboxylic acids is 1. The molecule has 8 atom stereocenters. The third-order valence-electron chi connectivity index (χ3n) is 7.28. The number of carbonyl (C=O) groups excluding carboxylic acids is 1. The summed E-state index contributed by atoms with van der Waals surface area (Å²) in [6.07, 6.45) is 14.1. The van der Waals surface area contributed by atoms with Crippen LogP contribution in [0.1, 0.15) is 25.7 Å². The molecule has 1 heterocycles. The number of aliphatic carboxylic acids is 1. The van der Waals surface area contributed by atoms with Crippen LogP contribution in [0.25, 0.3) is 0 Å². The van der Waals surface area contributed by atoms with E-state index in [0.717, 1.165) is 44.8 Å². The molecule has 8 nitrogen and oxygen atoms in total. The minimum absolute atomic E-state index is 0.0737. The summed E-state index contributed by atoms with van der Waals surface area (Å²) in [6, 6.07) is 0. The van der Waals surface area contributed by atoms with Crippen LogP contribution >= 0.6 is 10.1 Å². The Balaban J connectivity index is 0.000000670. The Kier molecular flexibility index (Phi) is 23.3. The number of allylic oxidation sites excluding steroid dienone is 4. The SMILES string of the molecule is C=CC(=O)O.C=CC(=O)OCC(O)COCC1CC(C=C)CC1C=C.C=CC1CC(C=C)C(COCC2CO2)C1.[Cl][Cu]. The van der Waals surface area contributed by atoms with Gasteiger partial charge in [-0.1, -0.05) is 37.5 Å². The molecule has 0 aromatic rings. The molecule has 0 spiro atoms. The van der Waals surface area contributed by atoms with Crippen LogP contribution in [0.2, 0.25) is 0 Å². The Labute approximate surface area is 264 Å². The first kappa shape index (κ1) is 40.0. The molecule has 2 N–H and O–H groups in total. The van der Waals surface area contributed by atoms with E-state index in [2.05, 4.69) is 76.8 Å². The van der Waals surface area contributed by atoms with E-state index in [9.17, 15) is 14.7 Å². The van der Waals surface area contributed by atoms with Crippen molar-refractivity contribution in [3.63, 3.8) is 0 Å². The average Bonchev–Trinajstić information content (AvgIpc) is 3.61. The fraction of sp³-hybridized carbons (Fsp3) is 0.562. The molecule has 0 amide bonds. The Morgan fingerprint density at radius 2 is 1.29 bits per heavy atom. The van der Waals surface area contributed by atoms with E-state index in [0.29, 0.717) is 48.2 Å². The minimum atomic E-state index is -0.981. The van der Waals surface area contributed by atoms with Crippen LogP contribution in [0.15, 0.2) is 75.9 Å². The molecule has 42 heavy (non-hydrogen) atoms. The third-order valence-corrected chi connectivity index (χ3v) is 7.28. The van der Waals surface area contributed by atoms with Gasteiger partial charge in [-0.25, -0.2) is 9.59 Å². The number of carboxylic acid groups (broad SMARTS) is 1. The zero-order valence-corrected chi connectivity index (χ0v) is 26.1. The Bertz CT molecular complexity index is 846. The zero-order chi connectivity index (χ0) is 31.9. The number of hydrogen-bond donors (Lipinski definition) is 2. The van der Waals surface area contributed by atoms with E-state index in [4.69, 9.17) is 24.1 Å². The second kappa shape index (κ2) is 24.5. The van der Waals surface area contributed by atoms with Crippen LogP contribution in [-0.2, 0) is 43.6 Å². The molecular formula is C32H48ClCuO8. The Morgan fingerprint density at radius 3 is 1.67 bits per heavy atom. The molecule has 0 bridgehead atoms. The topological polar surface area (TPSA) is 115 Å². The second-order valence-electron chi connectivity index (χ2n) is 10.3. The van der Waals surface area contributed by atoms with Gasteiger partial charge in [-0.05, 0) is 61.2 Å². The molecule has 1 saturated heterocycles. The summed E-state index contributed by atoms with van der Waals surface area (Å²) >= 11 is 3.66. The zero-order valence-electron chi connectivity index (χ0n) is 24.4. The molecule has 0 radical (unpaired) electrons. The summed E-state index contributed by atoms with van der Waals surface area (Å²) < 4.78 is 21.0. The number of ether oxygens (including phenoxy) is 4. The maximum atomic E-state index is 10.8. The van der Waals surface area contributed by atoms with E-state index < -0.39 is 18.0 Å². The number of aliphatic hydroxyl groups is 1. The molecule has 0 aromatic carbocycles. The van der Waals surface area contributed by atoms with Gasteiger partial charge in [0.25, 0.3) is 0 Å². The van der Waals surface area contributed by atoms with E-state index in [-0.39, 0.29) is 13.2 Å². The van der Waals surface area contributed by atoms with Gasteiger partial charge in [-0.2, -0.15) is 0 Å². The van der Waals surface area contributed by atoms with Crippen LogP contribution in [0.3, 0.4) is 0 Å². The Morgan fingerprint density at radius 1 is 0.810 bits per heavy atom. The third kappa shape index (κ3) is 17.9. The molecular weight excluding hydrogens is 611 g/mol. The summed E-state index contributed by atoms with van der Waals surface area (Å²) in [6.45, 7) is 24.9. The van der Waals surface area contributed by atoms with Crippen molar-refractivity contribution in [2.24, 2.45) is 35.5 Å². The number of hydrogen-bond acceptors (Lipinski definition) is 7. The summed E-state index contributed by atoms with van der Waals surface area (Å²) in [5.41, 5.74) is 0. The maximum absolute atomic E-state index is 10.8. The summed E-state index contributed by atoms with van der Waals surface area (Å²) in [7, 11) is 4.20. The molecule has 10 heteroatoms. The standard InChI is InChI=1S/C16H24O4.C13H20O2.C3H4O2.ClH.Cu/c1-4-12-7-13(5-2)14(8-12)9-19-10-15(17)11-20-16(18)6-3;1-3-10-5-11(4-2)12(6-10)7-14-8-13-9-15-13;1-2-3(4)5;;/h4-6,12-15,17H,1-3,7-11H2;3-4,10-13H,1-2,5-9H2;2H,1H2,(H,4,5);1H;/q;;;;+1/p-1. The van der Waals surface area contributed by atoms with Gasteiger partial charge in [0.1, 0.15) is 18.8 Å². The van der Waals surface area contributed by atoms with Crippen molar-refractivity contribution in [3.8, 4) is 0 Å². The van der Waals surface area contributed by atoms with Gasteiger partial charge >= 0.3 is 37.1 Å². The first-order valence-corrected chi connectivity index (χ1v) is 15.2. The average molecular weight is 660 g/mol. The molecule has 0 aromatic heterocycles. The quantitative estimate of drug-likeness (QED) is 0.0738. The van der Waals surface area contributed by atoms with Crippen molar-refractivity contribution < 1.29 is 53.9 Å². The summed E-state index contributed by atoms with van der Waals surface area (Å²) in [5.74, 6) is 1.73. The van der Waals surface area contributed by atoms with Crippen LogP contribution < -0.4 is 0 Å².